The first-order valence-corrected chi connectivity index (χ1v) is 7.58. The molecule has 0 spiro atoms. The number of hydrogen-bond acceptors (Lipinski definition) is 4. The topological polar surface area (TPSA) is 63.2 Å². The summed E-state index contributed by atoms with van der Waals surface area (Å²) in [6, 6.07) is 16.4. The number of halogens is 1. The zero-order valence-corrected chi connectivity index (χ0v) is 13.5. The van der Waals surface area contributed by atoms with Gasteiger partial charge in [0, 0.05) is 11.3 Å². The first kappa shape index (κ1) is 16.4. The van der Waals surface area contributed by atoms with Crippen LogP contribution in [0.5, 0.6) is 5.75 Å². The summed E-state index contributed by atoms with van der Waals surface area (Å²) in [5, 5.41) is 5.76. The molecule has 0 radical (unpaired) electrons. The number of ether oxygens (including phenoxy) is 1. The number of nitrogens with one attached hydrogen (secondary N) is 2. The summed E-state index contributed by atoms with van der Waals surface area (Å²) in [6.45, 7) is 0. The van der Waals surface area contributed by atoms with Crippen LogP contribution < -0.4 is 15.4 Å². The summed E-state index contributed by atoms with van der Waals surface area (Å²) >= 11 is 0. The third kappa shape index (κ3) is 4.32. The third-order valence-electron chi connectivity index (χ3n) is 3.45. The Morgan fingerprint density at radius 1 is 1.04 bits per heavy atom. The molecule has 0 saturated heterocycles. The predicted octanol–water partition coefficient (Wildman–Crippen LogP) is 4.23. The summed E-state index contributed by atoms with van der Waals surface area (Å²) in [5.41, 5.74) is 1.64. The van der Waals surface area contributed by atoms with Gasteiger partial charge in [-0.2, -0.15) is 0 Å². The fraction of sp³-hybridized carbons (Fsp3) is 0.0526. The number of nitrogens with zero attached hydrogens (tertiary/aromatic N) is 1. The number of amides is 1. The highest BCUT2D eigenvalue weighted by molar-refractivity contribution is 6.04. The van der Waals surface area contributed by atoms with Crippen molar-refractivity contribution in [1.29, 1.82) is 0 Å². The molecule has 2 N–H and O–H groups in total. The molecule has 3 aromatic rings. The molecule has 0 unspecified atom stereocenters. The van der Waals surface area contributed by atoms with E-state index in [2.05, 4.69) is 15.6 Å². The first-order chi connectivity index (χ1) is 12.1. The highest BCUT2D eigenvalue weighted by Gasteiger charge is 2.07. The smallest absolute Gasteiger partial charge is 0.255 e. The van der Waals surface area contributed by atoms with E-state index < -0.39 is 0 Å². The molecule has 0 aliphatic carbocycles. The Morgan fingerprint density at radius 2 is 1.88 bits per heavy atom. The van der Waals surface area contributed by atoms with Crippen LogP contribution in [-0.2, 0) is 0 Å². The van der Waals surface area contributed by atoms with Crippen LogP contribution in [0.15, 0.2) is 66.9 Å². The molecule has 0 saturated carbocycles. The zero-order chi connectivity index (χ0) is 17.6. The minimum Gasteiger partial charge on any atom is -0.497 e. The molecular weight excluding hydrogens is 321 g/mol. The lowest BCUT2D eigenvalue weighted by Crippen LogP contribution is -2.12. The average Bonchev–Trinajstić information content (AvgIpc) is 2.63. The highest BCUT2D eigenvalue weighted by Crippen LogP contribution is 2.18. The molecule has 25 heavy (non-hydrogen) atoms. The Kier molecular flexibility index (Phi) is 4.89. The normalized spacial score (nSPS) is 10.2. The second-order valence-corrected chi connectivity index (χ2v) is 5.25. The van der Waals surface area contributed by atoms with Gasteiger partial charge in [0.2, 0.25) is 0 Å². The van der Waals surface area contributed by atoms with E-state index in [4.69, 9.17) is 4.74 Å². The number of carbonyl (C=O) groups is 1. The molecule has 3 rings (SSSR count). The van der Waals surface area contributed by atoms with Gasteiger partial charge in [-0.3, -0.25) is 4.79 Å². The van der Waals surface area contributed by atoms with Gasteiger partial charge in [0.15, 0.2) is 0 Å². The molecule has 0 bridgehead atoms. The van der Waals surface area contributed by atoms with Crippen molar-refractivity contribution >= 4 is 23.1 Å². The average molecular weight is 337 g/mol. The van der Waals surface area contributed by atoms with Crippen molar-refractivity contribution < 1.29 is 13.9 Å². The van der Waals surface area contributed by atoms with Gasteiger partial charge in [-0.25, -0.2) is 9.37 Å². The molecule has 1 heterocycles. The zero-order valence-electron chi connectivity index (χ0n) is 13.5. The van der Waals surface area contributed by atoms with E-state index in [1.165, 1.54) is 18.3 Å². The summed E-state index contributed by atoms with van der Waals surface area (Å²) in [5.74, 6) is 0.573. The maximum Gasteiger partial charge on any atom is 0.255 e. The van der Waals surface area contributed by atoms with Crippen LogP contribution in [0, 0.1) is 5.82 Å². The number of aromatic nitrogens is 1. The predicted molar refractivity (Wildman–Crippen MR) is 94.9 cm³/mol. The van der Waals surface area contributed by atoms with Gasteiger partial charge in [0.25, 0.3) is 5.91 Å². The summed E-state index contributed by atoms with van der Waals surface area (Å²) < 4.78 is 18.3. The van der Waals surface area contributed by atoms with Gasteiger partial charge in [0.1, 0.15) is 17.4 Å². The maximum absolute atomic E-state index is 13.2. The standard InChI is InChI=1S/C19H16FN3O2/c1-25-17-7-2-4-13(10-17)19(24)23-16-8-9-18(21-12-16)22-15-6-3-5-14(20)11-15/h2-12H,1H3,(H,21,22)(H,23,24). The Balaban J connectivity index is 1.66. The Hall–Kier alpha value is -3.41. The van der Waals surface area contributed by atoms with Gasteiger partial charge in [0.05, 0.1) is 19.0 Å². The minimum absolute atomic E-state index is 0.258. The fourth-order valence-electron chi connectivity index (χ4n) is 2.22. The van der Waals surface area contributed by atoms with Crippen molar-refractivity contribution in [2.24, 2.45) is 0 Å². The molecule has 0 aliphatic heterocycles. The third-order valence-corrected chi connectivity index (χ3v) is 3.45. The number of carbonyl (C=O) groups excluding carboxylic acids is 1. The summed E-state index contributed by atoms with van der Waals surface area (Å²) in [7, 11) is 1.55. The largest absolute Gasteiger partial charge is 0.497 e. The number of rotatable bonds is 5. The van der Waals surface area contributed by atoms with Gasteiger partial charge < -0.3 is 15.4 Å². The Morgan fingerprint density at radius 3 is 2.60 bits per heavy atom. The van der Waals surface area contributed by atoms with Crippen LogP contribution in [0.3, 0.4) is 0 Å². The van der Waals surface area contributed by atoms with Crippen LogP contribution in [0.2, 0.25) is 0 Å². The first-order valence-electron chi connectivity index (χ1n) is 7.58. The van der Waals surface area contributed by atoms with Crippen LogP contribution in [0.4, 0.5) is 21.6 Å². The number of methoxy groups -OCH3 is 1. The van der Waals surface area contributed by atoms with Crippen molar-refractivity contribution in [3.63, 3.8) is 0 Å². The summed E-state index contributed by atoms with van der Waals surface area (Å²) in [6.07, 6.45) is 1.53. The van der Waals surface area contributed by atoms with Crippen LogP contribution in [0.25, 0.3) is 0 Å². The Labute approximate surface area is 144 Å². The molecule has 6 heteroatoms. The van der Waals surface area contributed by atoms with Gasteiger partial charge >= 0.3 is 0 Å². The van der Waals surface area contributed by atoms with Crippen molar-refractivity contribution in [3.05, 3.63) is 78.2 Å². The number of pyridine rings is 1. The molecule has 2 aromatic carbocycles. The minimum atomic E-state index is -0.327. The summed E-state index contributed by atoms with van der Waals surface area (Å²) in [4.78, 5) is 16.5. The molecular formula is C19H16FN3O2. The highest BCUT2D eigenvalue weighted by atomic mass is 19.1. The van der Waals surface area contributed by atoms with Crippen LogP contribution in [0.1, 0.15) is 10.4 Å². The van der Waals surface area contributed by atoms with E-state index in [0.29, 0.717) is 28.5 Å². The van der Waals surface area contributed by atoms with E-state index in [1.54, 1.807) is 55.6 Å². The molecule has 0 aliphatic rings. The quantitative estimate of drug-likeness (QED) is 0.731. The van der Waals surface area contributed by atoms with Crippen molar-refractivity contribution in [3.8, 4) is 5.75 Å². The van der Waals surface area contributed by atoms with Gasteiger partial charge in [-0.15, -0.1) is 0 Å². The van der Waals surface area contributed by atoms with Crippen molar-refractivity contribution in [2.45, 2.75) is 0 Å². The number of benzene rings is 2. The molecule has 126 valence electrons. The monoisotopic (exact) mass is 337 g/mol. The van der Waals surface area contributed by atoms with Crippen LogP contribution in [-0.4, -0.2) is 18.0 Å². The number of anilines is 3. The van der Waals surface area contributed by atoms with E-state index in [9.17, 15) is 9.18 Å². The molecule has 1 aromatic heterocycles. The van der Waals surface area contributed by atoms with Crippen molar-refractivity contribution in [2.75, 3.05) is 17.7 Å². The molecule has 0 fully saturated rings. The van der Waals surface area contributed by atoms with Gasteiger partial charge in [-0.05, 0) is 48.5 Å². The lowest BCUT2D eigenvalue weighted by atomic mass is 10.2. The van der Waals surface area contributed by atoms with E-state index in [-0.39, 0.29) is 11.7 Å². The van der Waals surface area contributed by atoms with Gasteiger partial charge in [-0.1, -0.05) is 12.1 Å². The Bertz CT molecular complexity index is 882. The lowest BCUT2D eigenvalue weighted by molar-refractivity contribution is 0.102. The van der Waals surface area contributed by atoms with Crippen LogP contribution >= 0.6 is 0 Å². The van der Waals surface area contributed by atoms with E-state index in [0.717, 1.165) is 0 Å². The van der Waals surface area contributed by atoms with E-state index >= 15 is 0 Å². The molecule has 0 atom stereocenters. The number of hydrogen-bond donors (Lipinski definition) is 2. The second kappa shape index (κ2) is 7.44. The maximum atomic E-state index is 13.2. The van der Waals surface area contributed by atoms with Crippen molar-refractivity contribution in [1.82, 2.24) is 4.98 Å². The fourth-order valence-corrected chi connectivity index (χ4v) is 2.22. The SMILES string of the molecule is COc1cccc(C(=O)Nc2ccc(Nc3cccc(F)c3)nc2)c1. The molecule has 1 amide bonds. The molecule has 5 nitrogen and oxygen atoms in total. The van der Waals surface area contributed by atoms with E-state index in [1.807, 2.05) is 0 Å². The lowest BCUT2D eigenvalue weighted by Gasteiger charge is -2.08. The second-order valence-electron chi connectivity index (χ2n) is 5.25.